The van der Waals surface area contributed by atoms with Crippen molar-refractivity contribution < 1.29 is 23.7 Å². The van der Waals surface area contributed by atoms with Gasteiger partial charge in [0.2, 0.25) is 11.8 Å². The number of rotatable bonds is 3. The first-order valence-electron chi connectivity index (χ1n) is 8.02. The predicted molar refractivity (Wildman–Crippen MR) is 91.3 cm³/mol. The van der Waals surface area contributed by atoms with E-state index in [-0.39, 0.29) is 6.42 Å². The number of ether oxygens (including phenoxy) is 1. The molecule has 0 saturated carbocycles. The summed E-state index contributed by atoms with van der Waals surface area (Å²) in [5.41, 5.74) is -0.803. The van der Waals surface area contributed by atoms with Gasteiger partial charge in [-0.05, 0) is 54.9 Å². The van der Waals surface area contributed by atoms with Crippen LogP contribution in [0.4, 0.5) is 4.79 Å². The number of piperidine rings is 1. The van der Waals surface area contributed by atoms with E-state index in [0.29, 0.717) is 11.3 Å². The molecule has 1 aliphatic heterocycles. The molecule has 0 spiro atoms. The average molecular weight is 360 g/mol. The molecule has 7 nitrogen and oxygen atoms in total. The second-order valence-electron chi connectivity index (χ2n) is 7.98. The third-order valence-electron chi connectivity index (χ3n) is 3.48. The largest absolute Gasteiger partial charge is 0.598 e. The third-order valence-corrected chi connectivity index (χ3v) is 5.18. The molecular weight excluding hydrogens is 332 g/mol. The van der Waals surface area contributed by atoms with Gasteiger partial charge in [-0.2, -0.15) is 4.90 Å². The van der Waals surface area contributed by atoms with Crippen LogP contribution in [-0.4, -0.2) is 43.8 Å². The van der Waals surface area contributed by atoms with Crippen LogP contribution in [0.25, 0.3) is 0 Å². The van der Waals surface area contributed by atoms with Crippen molar-refractivity contribution in [3.05, 3.63) is 0 Å². The SMILES string of the molecule is CC(N[S+]([O-])C(C)(C)C)C1CCC(=O)N(C(=O)OC(C)(C)C)C1=O. The van der Waals surface area contributed by atoms with Crippen molar-refractivity contribution in [1.82, 2.24) is 9.62 Å². The number of carbonyl (C=O) groups is 3. The molecule has 1 aliphatic rings. The lowest BCUT2D eigenvalue weighted by Crippen LogP contribution is -2.56. The lowest BCUT2D eigenvalue weighted by atomic mass is 9.91. The molecule has 3 atom stereocenters. The molecule has 1 saturated heterocycles. The van der Waals surface area contributed by atoms with Crippen LogP contribution in [0.3, 0.4) is 0 Å². The van der Waals surface area contributed by atoms with Crippen molar-refractivity contribution in [2.75, 3.05) is 0 Å². The molecule has 1 rings (SSSR count). The zero-order valence-electron chi connectivity index (χ0n) is 15.5. The fourth-order valence-corrected chi connectivity index (χ4v) is 3.05. The molecule has 1 fully saturated rings. The minimum absolute atomic E-state index is 0.0732. The second kappa shape index (κ2) is 7.41. The van der Waals surface area contributed by atoms with Gasteiger partial charge < -0.3 is 9.29 Å². The normalized spacial score (nSPS) is 22.3. The third kappa shape index (κ3) is 5.46. The number of imide groups is 3. The maximum atomic E-state index is 12.6. The van der Waals surface area contributed by atoms with E-state index >= 15 is 0 Å². The van der Waals surface area contributed by atoms with Crippen molar-refractivity contribution in [2.24, 2.45) is 5.92 Å². The summed E-state index contributed by atoms with van der Waals surface area (Å²) in [6.45, 7) is 12.2. The van der Waals surface area contributed by atoms with Crippen LogP contribution >= 0.6 is 0 Å². The first-order valence-corrected chi connectivity index (χ1v) is 9.17. The molecule has 0 aromatic heterocycles. The Morgan fingerprint density at radius 1 is 1.29 bits per heavy atom. The van der Waals surface area contributed by atoms with Gasteiger partial charge in [0.1, 0.15) is 10.3 Å². The van der Waals surface area contributed by atoms with E-state index in [4.69, 9.17) is 4.74 Å². The minimum Gasteiger partial charge on any atom is -0.598 e. The topological polar surface area (TPSA) is 98.8 Å². The summed E-state index contributed by atoms with van der Waals surface area (Å²) >= 11 is -1.35. The number of carbonyl (C=O) groups excluding carboxylic acids is 3. The number of hydrogen-bond acceptors (Lipinski definition) is 6. The van der Waals surface area contributed by atoms with Gasteiger partial charge in [0.25, 0.3) is 0 Å². The molecule has 138 valence electrons. The first kappa shape index (κ1) is 20.9. The highest BCUT2D eigenvalue weighted by Gasteiger charge is 2.44. The Morgan fingerprint density at radius 2 is 1.83 bits per heavy atom. The molecule has 0 aliphatic carbocycles. The standard InChI is InChI=1S/C16H28N2O5S/c1-10(17-24(22)16(5,6)7)11-8-9-12(19)18(13(11)20)14(21)23-15(2,3)4/h10-11,17H,8-9H2,1-7H3. The molecule has 0 aromatic rings. The summed E-state index contributed by atoms with van der Waals surface area (Å²) in [5, 5.41) is 0. The van der Waals surface area contributed by atoms with Crippen LogP contribution in [0, 0.1) is 5.92 Å². The molecule has 0 bridgehead atoms. The van der Waals surface area contributed by atoms with Crippen LogP contribution in [-0.2, 0) is 25.7 Å². The van der Waals surface area contributed by atoms with Crippen molar-refractivity contribution in [3.63, 3.8) is 0 Å². The van der Waals surface area contributed by atoms with Gasteiger partial charge in [0.05, 0.1) is 12.0 Å². The lowest BCUT2D eigenvalue weighted by Gasteiger charge is -2.34. The molecule has 1 N–H and O–H groups in total. The monoisotopic (exact) mass is 360 g/mol. The average Bonchev–Trinajstić information content (AvgIpc) is 2.34. The van der Waals surface area contributed by atoms with E-state index in [1.807, 2.05) is 20.8 Å². The van der Waals surface area contributed by atoms with Gasteiger partial charge >= 0.3 is 6.09 Å². The van der Waals surface area contributed by atoms with E-state index in [2.05, 4.69) is 4.72 Å². The van der Waals surface area contributed by atoms with Gasteiger partial charge in [-0.15, -0.1) is 4.72 Å². The summed E-state index contributed by atoms with van der Waals surface area (Å²) in [4.78, 5) is 37.4. The molecule has 24 heavy (non-hydrogen) atoms. The zero-order chi connectivity index (χ0) is 18.9. The maximum Gasteiger partial charge on any atom is 0.424 e. The summed E-state index contributed by atoms with van der Waals surface area (Å²) in [7, 11) is 0. The highest BCUT2D eigenvalue weighted by atomic mass is 32.2. The van der Waals surface area contributed by atoms with Gasteiger partial charge in [0.15, 0.2) is 0 Å². The summed E-state index contributed by atoms with van der Waals surface area (Å²) in [6, 6.07) is -0.435. The molecular formula is C16H28N2O5S. The summed E-state index contributed by atoms with van der Waals surface area (Å²) in [6.07, 6.45) is -0.567. The number of nitrogens with one attached hydrogen (secondary N) is 1. The Labute approximate surface area is 146 Å². The van der Waals surface area contributed by atoms with E-state index in [9.17, 15) is 18.9 Å². The lowest BCUT2D eigenvalue weighted by molar-refractivity contribution is -0.150. The molecule has 3 unspecified atom stereocenters. The number of hydrogen-bond donors (Lipinski definition) is 1. The molecule has 8 heteroatoms. The van der Waals surface area contributed by atoms with Crippen LogP contribution < -0.4 is 4.72 Å². The van der Waals surface area contributed by atoms with Crippen molar-refractivity contribution in [3.8, 4) is 0 Å². The zero-order valence-corrected chi connectivity index (χ0v) is 16.3. The smallest absolute Gasteiger partial charge is 0.424 e. The second-order valence-corrected chi connectivity index (χ2v) is 9.98. The number of amides is 3. The maximum absolute atomic E-state index is 12.6. The number of nitrogens with zero attached hydrogens (tertiary/aromatic N) is 1. The Kier molecular flexibility index (Phi) is 6.46. The van der Waals surface area contributed by atoms with E-state index in [1.165, 1.54) is 0 Å². The molecule has 0 radical (unpaired) electrons. The molecule has 3 amide bonds. The van der Waals surface area contributed by atoms with Crippen molar-refractivity contribution >= 4 is 29.3 Å². The van der Waals surface area contributed by atoms with Crippen LogP contribution in [0.15, 0.2) is 0 Å². The van der Waals surface area contributed by atoms with Crippen molar-refractivity contribution in [2.45, 2.75) is 77.7 Å². The highest BCUT2D eigenvalue weighted by molar-refractivity contribution is 7.90. The number of likely N-dealkylation sites (tertiary alicyclic amines) is 1. The first-order chi connectivity index (χ1) is 10.7. The van der Waals surface area contributed by atoms with Crippen LogP contribution in [0.2, 0.25) is 0 Å². The Hall–Kier alpha value is -1.12. The Balaban J connectivity index is 2.87. The fourth-order valence-electron chi connectivity index (χ4n) is 2.19. The van der Waals surface area contributed by atoms with Crippen molar-refractivity contribution in [1.29, 1.82) is 0 Å². The summed E-state index contributed by atoms with van der Waals surface area (Å²) in [5.74, 6) is -1.78. The highest BCUT2D eigenvalue weighted by Crippen LogP contribution is 2.25. The van der Waals surface area contributed by atoms with Gasteiger partial charge in [-0.25, -0.2) is 4.79 Å². The van der Waals surface area contributed by atoms with Gasteiger partial charge in [0, 0.05) is 17.8 Å². The quantitative estimate of drug-likeness (QED) is 0.611. The Bertz CT molecular complexity index is 510. The van der Waals surface area contributed by atoms with Crippen LogP contribution in [0.1, 0.15) is 61.3 Å². The van der Waals surface area contributed by atoms with Gasteiger partial charge in [-0.1, -0.05) is 0 Å². The molecule has 1 heterocycles. The van der Waals surface area contributed by atoms with Crippen LogP contribution in [0.5, 0.6) is 0 Å². The minimum atomic E-state index is -1.35. The summed E-state index contributed by atoms with van der Waals surface area (Å²) < 4.78 is 19.8. The molecule has 0 aromatic carbocycles. The van der Waals surface area contributed by atoms with Gasteiger partial charge in [-0.3, -0.25) is 9.59 Å². The Morgan fingerprint density at radius 3 is 2.29 bits per heavy atom. The van der Waals surface area contributed by atoms with E-state index in [1.54, 1.807) is 27.7 Å². The van der Waals surface area contributed by atoms with E-state index in [0.717, 1.165) is 0 Å². The van der Waals surface area contributed by atoms with E-state index < -0.39 is 51.6 Å². The fraction of sp³-hybridized carbons (Fsp3) is 0.812. The predicted octanol–water partition coefficient (Wildman–Crippen LogP) is 2.13.